The van der Waals surface area contributed by atoms with E-state index in [0.717, 1.165) is 38.0 Å². The van der Waals surface area contributed by atoms with E-state index in [2.05, 4.69) is 16.3 Å². The normalized spacial score (nSPS) is 14.4. The number of amides is 1. The van der Waals surface area contributed by atoms with Gasteiger partial charge in [-0.2, -0.15) is 5.26 Å². The van der Waals surface area contributed by atoms with E-state index >= 15 is 0 Å². The van der Waals surface area contributed by atoms with Crippen molar-refractivity contribution in [2.24, 2.45) is 5.92 Å². The third-order valence-electron chi connectivity index (χ3n) is 5.70. The van der Waals surface area contributed by atoms with Crippen molar-refractivity contribution in [2.45, 2.75) is 26.2 Å². The number of carbonyl (C=O) groups is 2. The van der Waals surface area contributed by atoms with Gasteiger partial charge in [-0.15, -0.1) is 11.3 Å². The van der Waals surface area contributed by atoms with Crippen LogP contribution in [-0.2, 0) is 9.53 Å². The molecule has 176 valence electrons. The highest BCUT2D eigenvalue weighted by Crippen LogP contribution is 2.40. The van der Waals surface area contributed by atoms with Crippen molar-refractivity contribution in [3.05, 3.63) is 29.1 Å². The first-order valence-electron chi connectivity index (χ1n) is 10.9. The molecule has 33 heavy (non-hydrogen) atoms. The van der Waals surface area contributed by atoms with Gasteiger partial charge in [0, 0.05) is 29.8 Å². The van der Waals surface area contributed by atoms with Crippen molar-refractivity contribution in [1.29, 1.82) is 5.26 Å². The van der Waals surface area contributed by atoms with Crippen LogP contribution < -0.4 is 14.8 Å². The minimum absolute atomic E-state index is 0.0961. The lowest BCUT2D eigenvalue weighted by molar-refractivity contribution is -0.121. The Hall–Kier alpha value is -3.09. The standard InChI is InChI=1S/C24H29N3O5S/c1-4-32-24(29)21-18(17-6-7-19(30-2)20(14-17)31-3)15-33-23(21)26-22(28)16-8-12-27(13-9-16)11-5-10-25/h6-7,14-16H,4-5,8-9,11-13H2,1-3H3,(H,26,28). The number of nitriles is 1. The quantitative estimate of drug-likeness (QED) is 0.548. The Balaban J connectivity index is 1.82. The molecule has 0 spiro atoms. The average Bonchev–Trinajstić information content (AvgIpc) is 3.26. The van der Waals surface area contributed by atoms with Gasteiger partial charge in [-0.3, -0.25) is 4.79 Å². The molecule has 1 fully saturated rings. The van der Waals surface area contributed by atoms with Gasteiger partial charge in [-0.25, -0.2) is 4.79 Å². The summed E-state index contributed by atoms with van der Waals surface area (Å²) in [6, 6.07) is 7.58. The summed E-state index contributed by atoms with van der Waals surface area (Å²) in [6.07, 6.45) is 1.94. The van der Waals surface area contributed by atoms with Crippen LogP contribution in [0.4, 0.5) is 5.00 Å². The minimum atomic E-state index is -0.481. The van der Waals surface area contributed by atoms with Gasteiger partial charge in [-0.05, 0) is 50.6 Å². The fourth-order valence-electron chi connectivity index (χ4n) is 3.91. The van der Waals surface area contributed by atoms with Crippen LogP contribution in [0, 0.1) is 17.2 Å². The summed E-state index contributed by atoms with van der Waals surface area (Å²) in [5.41, 5.74) is 1.77. The van der Waals surface area contributed by atoms with Crippen LogP contribution in [0.25, 0.3) is 11.1 Å². The molecule has 0 bridgehead atoms. The van der Waals surface area contributed by atoms with Gasteiger partial charge < -0.3 is 24.4 Å². The molecule has 9 heteroatoms. The maximum atomic E-state index is 13.0. The van der Waals surface area contributed by atoms with Crippen LogP contribution in [0.15, 0.2) is 23.6 Å². The number of methoxy groups -OCH3 is 2. The number of piperidine rings is 1. The smallest absolute Gasteiger partial charge is 0.341 e. The highest BCUT2D eigenvalue weighted by molar-refractivity contribution is 7.15. The molecule has 1 saturated heterocycles. The molecule has 0 radical (unpaired) electrons. The van der Waals surface area contributed by atoms with Gasteiger partial charge in [0.25, 0.3) is 0 Å². The number of benzene rings is 1. The van der Waals surface area contributed by atoms with E-state index < -0.39 is 5.97 Å². The molecule has 8 nitrogen and oxygen atoms in total. The molecule has 1 aromatic carbocycles. The van der Waals surface area contributed by atoms with Gasteiger partial charge in [0.15, 0.2) is 11.5 Å². The Bertz CT molecular complexity index is 1020. The topological polar surface area (TPSA) is 101 Å². The van der Waals surface area contributed by atoms with Crippen molar-refractivity contribution < 1.29 is 23.8 Å². The molecule has 3 rings (SSSR count). The summed E-state index contributed by atoms with van der Waals surface area (Å²) >= 11 is 1.30. The number of rotatable bonds is 9. The van der Waals surface area contributed by atoms with E-state index in [1.54, 1.807) is 33.3 Å². The zero-order chi connectivity index (χ0) is 23.8. The zero-order valence-electron chi connectivity index (χ0n) is 19.2. The summed E-state index contributed by atoms with van der Waals surface area (Å²) in [7, 11) is 3.12. The van der Waals surface area contributed by atoms with Crippen LogP contribution in [0.5, 0.6) is 11.5 Å². The van der Waals surface area contributed by atoms with Gasteiger partial charge >= 0.3 is 5.97 Å². The molecule has 1 N–H and O–H groups in total. The molecule has 1 aliphatic rings. The van der Waals surface area contributed by atoms with E-state index in [1.165, 1.54) is 11.3 Å². The maximum absolute atomic E-state index is 13.0. The molecule has 2 heterocycles. The van der Waals surface area contributed by atoms with Crippen LogP contribution in [0.1, 0.15) is 36.5 Å². The highest BCUT2D eigenvalue weighted by Gasteiger charge is 2.28. The predicted molar refractivity (Wildman–Crippen MR) is 127 cm³/mol. The number of thiophene rings is 1. The summed E-state index contributed by atoms with van der Waals surface area (Å²) in [6.45, 7) is 4.28. The molecule has 0 atom stereocenters. The third kappa shape index (κ3) is 5.83. The molecule has 0 saturated carbocycles. The lowest BCUT2D eigenvalue weighted by atomic mass is 9.95. The fourth-order valence-corrected chi connectivity index (χ4v) is 4.87. The number of nitrogens with zero attached hydrogens (tertiary/aromatic N) is 2. The lowest BCUT2D eigenvalue weighted by Crippen LogP contribution is -2.38. The van der Waals surface area contributed by atoms with Crippen LogP contribution in [-0.4, -0.2) is 57.2 Å². The molecule has 0 aliphatic carbocycles. The number of carbonyl (C=O) groups excluding carboxylic acids is 2. The number of nitrogens with one attached hydrogen (secondary N) is 1. The SMILES string of the molecule is CCOC(=O)c1c(-c2ccc(OC)c(OC)c2)csc1NC(=O)C1CCN(CCC#N)CC1. The largest absolute Gasteiger partial charge is 0.493 e. The summed E-state index contributed by atoms with van der Waals surface area (Å²) < 4.78 is 16.0. The van der Waals surface area contributed by atoms with Crippen LogP contribution >= 0.6 is 11.3 Å². The van der Waals surface area contributed by atoms with E-state index in [1.807, 2.05) is 11.4 Å². The summed E-state index contributed by atoms with van der Waals surface area (Å²) in [5, 5.41) is 14.1. The fraction of sp³-hybridized carbons (Fsp3) is 0.458. The first kappa shape index (κ1) is 24.6. The number of esters is 1. The first-order valence-corrected chi connectivity index (χ1v) is 11.8. The van der Waals surface area contributed by atoms with Crippen LogP contribution in [0.3, 0.4) is 0 Å². The number of likely N-dealkylation sites (tertiary alicyclic amines) is 1. The number of hydrogen-bond donors (Lipinski definition) is 1. The van der Waals surface area contributed by atoms with Crippen LogP contribution in [0.2, 0.25) is 0 Å². The second kappa shape index (κ2) is 11.7. The summed E-state index contributed by atoms with van der Waals surface area (Å²) in [5.74, 6) is 0.421. The third-order valence-corrected chi connectivity index (χ3v) is 6.60. The van der Waals surface area contributed by atoms with Crippen molar-refractivity contribution in [2.75, 3.05) is 45.8 Å². The van der Waals surface area contributed by atoms with Gasteiger partial charge in [0.05, 0.1) is 26.9 Å². The number of anilines is 1. The Morgan fingerprint density at radius 3 is 2.58 bits per heavy atom. The van der Waals surface area contributed by atoms with Gasteiger partial charge in [0.1, 0.15) is 10.6 Å². The Morgan fingerprint density at radius 2 is 1.94 bits per heavy atom. The summed E-state index contributed by atoms with van der Waals surface area (Å²) in [4.78, 5) is 28.0. The average molecular weight is 472 g/mol. The molecule has 1 aliphatic heterocycles. The predicted octanol–water partition coefficient (Wildman–Crippen LogP) is 4.17. The Labute approximate surface area is 198 Å². The molecule has 0 unspecified atom stereocenters. The monoisotopic (exact) mass is 471 g/mol. The van der Waals surface area contributed by atoms with Gasteiger partial charge in [-0.1, -0.05) is 6.07 Å². The second-order valence-corrected chi connectivity index (χ2v) is 8.54. The van der Waals surface area contributed by atoms with E-state index in [0.29, 0.717) is 34.0 Å². The van der Waals surface area contributed by atoms with E-state index in [4.69, 9.17) is 19.5 Å². The van der Waals surface area contributed by atoms with Crippen molar-refractivity contribution in [3.63, 3.8) is 0 Å². The second-order valence-electron chi connectivity index (χ2n) is 7.66. The first-order chi connectivity index (χ1) is 16.0. The van der Waals surface area contributed by atoms with Crippen molar-refractivity contribution in [3.8, 4) is 28.7 Å². The Kier molecular flexibility index (Phi) is 8.69. The highest BCUT2D eigenvalue weighted by atomic mass is 32.1. The van der Waals surface area contributed by atoms with Crippen molar-refractivity contribution in [1.82, 2.24) is 4.90 Å². The molecule has 1 amide bonds. The molecular formula is C24H29N3O5S. The van der Waals surface area contributed by atoms with Gasteiger partial charge in [0.2, 0.25) is 5.91 Å². The lowest BCUT2D eigenvalue weighted by Gasteiger charge is -2.30. The number of ether oxygens (including phenoxy) is 3. The van der Waals surface area contributed by atoms with Crippen molar-refractivity contribution >= 4 is 28.2 Å². The van der Waals surface area contributed by atoms with E-state index in [9.17, 15) is 9.59 Å². The molecular weight excluding hydrogens is 442 g/mol. The molecule has 2 aromatic rings. The molecule has 1 aromatic heterocycles. The maximum Gasteiger partial charge on any atom is 0.341 e. The Morgan fingerprint density at radius 1 is 1.21 bits per heavy atom. The minimum Gasteiger partial charge on any atom is -0.493 e. The van der Waals surface area contributed by atoms with E-state index in [-0.39, 0.29) is 18.4 Å². The number of hydrogen-bond acceptors (Lipinski definition) is 8. The zero-order valence-corrected chi connectivity index (χ0v) is 20.0.